The van der Waals surface area contributed by atoms with Crippen LogP contribution in [0.4, 0.5) is 0 Å². The lowest BCUT2D eigenvalue weighted by atomic mass is 9.92. The smallest absolute Gasteiger partial charge is 0.220 e. The van der Waals surface area contributed by atoms with E-state index >= 15 is 0 Å². The molecule has 4 rings (SSSR count). The van der Waals surface area contributed by atoms with Crippen LogP contribution in [0.25, 0.3) is 11.4 Å². The van der Waals surface area contributed by atoms with Gasteiger partial charge in [0.25, 0.3) is 0 Å². The van der Waals surface area contributed by atoms with Gasteiger partial charge in [0, 0.05) is 48.0 Å². The second-order valence-electron chi connectivity index (χ2n) is 6.67. The summed E-state index contributed by atoms with van der Waals surface area (Å²) in [6.07, 6.45) is 10.7. The maximum Gasteiger partial charge on any atom is 0.220 e. The number of amides is 1. The molecule has 0 radical (unpaired) electrons. The lowest BCUT2D eigenvalue weighted by Crippen LogP contribution is -2.31. The number of hydrogen-bond acceptors (Lipinski definition) is 5. The van der Waals surface area contributed by atoms with E-state index in [0.717, 1.165) is 47.6 Å². The summed E-state index contributed by atoms with van der Waals surface area (Å²) in [5.74, 6) is 0.759. The first-order valence-electron chi connectivity index (χ1n) is 9.25. The summed E-state index contributed by atoms with van der Waals surface area (Å²) in [5, 5.41) is 3.14. The van der Waals surface area contributed by atoms with Crippen LogP contribution in [-0.4, -0.2) is 25.8 Å². The normalized spacial score (nSPS) is 15.8. The molecule has 1 atom stereocenters. The van der Waals surface area contributed by atoms with Crippen LogP contribution < -0.4 is 5.32 Å². The van der Waals surface area contributed by atoms with E-state index in [9.17, 15) is 4.79 Å². The minimum Gasteiger partial charge on any atom is -0.349 e. The molecule has 2 heterocycles. The second-order valence-corrected chi connectivity index (χ2v) is 6.67. The Bertz CT molecular complexity index is 914. The molecule has 1 aliphatic carbocycles. The topological polar surface area (TPSA) is 80.7 Å². The van der Waals surface area contributed by atoms with E-state index < -0.39 is 0 Å². The minimum atomic E-state index is -0.0204. The van der Waals surface area contributed by atoms with Crippen molar-refractivity contribution in [2.24, 2.45) is 0 Å². The van der Waals surface area contributed by atoms with E-state index in [4.69, 9.17) is 4.98 Å². The number of rotatable bonds is 5. The van der Waals surface area contributed by atoms with Crippen molar-refractivity contribution >= 4 is 5.91 Å². The molecule has 136 valence electrons. The molecule has 1 N–H and O–H groups in total. The Kier molecular flexibility index (Phi) is 5.14. The van der Waals surface area contributed by atoms with Gasteiger partial charge in [0.15, 0.2) is 5.82 Å². The fourth-order valence-corrected chi connectivity index (χ4v) is 3.39. The molecule has 0 unspecified atom stereocenters. The van der Waals surface area contributed by atoms with E-state index in [1.54, 1.807) is 18.6 Å². The Morgan fingerprint density at radius 3 is 2.81 bits per heavy atom. The van der Waals surface area contributed by atoms with Crippen molar-refractivity contribution in [3.63, 3.8) is 0 Å². The Balaban J connectivity index is 1.44. The fourth-order valence-electron chi connectivity index (χ4n) is 3.39. The first-order valence-corrected chi connectivity index (χ1v) is 9.25. The van der Waals surface area contributed by atoms with Crippen molar-refractivity contribution in [3.05, 3.63) is 72.1 Å². The van der Waals surface area contributed by atoms with Gasteiger partial charge in [-0.05, 0) is 25.7 Å². The number of fused-ring (bicyclic) bond motifs is 1. The van der Waals surface area contributed by atoms with Crippen LogP contribution in [0.3, 0.4) is 0 Å². The van der Waals surface area contributed by atoms with Crippen molar-refractivity contribution in [1.29, 1.82) is 0 Å². The lowest BCUT2D eigenvalue weighted by Gasteiger charge is -2.25. The molecule has 27 heavy (non-hydrogen) atoms. The third-order valence-corrected chi connectivity index (χ3v) is 4.77. The van der Waals surface area contributed by atoms with Gasteiger partial charge in [-0.25, -0.2) is 9.97 Å². The highest BCUT2D eigenvalue weighted by Gasteiger charge is 2.24. The number of aryl methyl sites for hydroxylation is 2. The molecule has 0 fully saturated rings. The number of hydrogen-bond donors (Lipinski definition) is 1. The molecule has 6 heteroatoms. The van der Waals surface area contributed by atoms with Crippen molar-refractivity contribution in [1.82, 2.24) is 25.3 Å². The molecule has 2 aromatic heterocycles. The lowest BCUT2D eigenvalue weighted by molar-refractivity contribution is -0.121. The largest absolute Gasteiger partial charge is 0.349 e. The molecule has 0 spiro atoms. The van der Waals surface area contributed by atoms with E-state index in [2.05, 4.69) is 20.3 Å². The standard InChI is InChI=1S/C21H21N5O/c27-20(10-9-16-13-22-11-12-23-16)25-18-7-4-8-19-17(18)14-24-21(26-19)15-5-2-1-3-6-15/h1-3,5-6,11-14,18H,4,7-10H2,(H,25,27)/t18-/m1/s1. The number of carbonyl (C=O) groups is 1. The number of nitrogens with zero attached hydrogens (tertiary/aromatic N) is 4. The molecular weight excluding hydrogens is 338 g/mol. The summed E-state index contributed by atoms with van der Waals surface area (Å²) in [4.78, 5) is 29.9. The summed E-state index contributed by atoms with van der Waals surface area (Å²) in [6.45, 7) is 0. The quantitative estimate of drug-likeness (QED) is 0.757. The van der Waals surface area contributed by atoms with E-state index in [1.165, 1.54) is 0 Å². The van der Waals surface area contributed by atoms with Crippen molar-refractivity contribution in [2.75, 3.05) is 0 Å². The average molecular weight is 359 g/mol. The first-order chi connectivity index (χ1) is 13.3. The van der Waals surface area contributed by atoms with E-state index in [0.29, 0.717) is 12.8 Å². The van der Waals surface area contributed by atoms with Gasteiger partial charge < -0.3 is 5.32 Å². The van der Waals surface area contributed by atoms with Crippen LogP contribution in [0, 0.1) is 0 Å². The summed E-state index contributed by atoms with van der Waals surface area (Å²) in [6, 6.07) is 9.95. The third kappa shape index (κ3) is 4.16. The van der Waals surface area contributed by atoms with Crippen LogP contribution in [0.1, 0.15) is 42.3 Å². The average Bonchev–Trinajstić information content (AvgIpc) is 2.73. The molecule has 1 aromatic carbocycles. The van der Waals surface area contributed by atoms with E-state index in [1.807, 2.05) is 36.5 Å². The number of nitrogens with one attached hydrogen (secondary N) is 1. The summed E-state index contributed by atoms with van der Waals surface area (Å²) in [7, 11) is 0. The summed E-state index contributed by atoms with van der Waals surface area (Å²) < 4.78 is 0. The zero-order chi connectivity index (χ0) is 18.5. The predicted molar refractivity (Wildman–Crippen MR) is 102 cm³/mol. The van der Waals surface area contributed by atoms with Gasteiger partial charge in [-0.2, -0.15) is 0 Å². The van der Waals surface area contributed by atoms with Crippen molar-refractivity contribution < 1.29 is 4.79 Å². The zero-order valence-corrected chi connectivity index (χ0v) is 15.0. The van der Waals surface area contributed by atoms with Crippen molar-refractivity contribution in [3.8, 4) is 11.4 Å². The molecule has 6 nitrogen and oxygen atoms in total. The van der Waals surface area contributed by atoms with Gasteiger partial charge in [-0.3, -0.25) is 14.8 Å². The van der Waals surface area contributed by atoms with Crippen LogP contribution in [0.5, 0.6) is 0 Å². The molecule has 0 saturated heterocycles. The van der Waals surface area contributed by atoms with Gasteiger partial charge in [0.2, 0.25) is 5.91 Å². The molecule has 0 bridgehead atoms. The first kappa shape index (κ1) is 17.3. The molecule has 3 aromatic rings. The molecule has 0 aliphatic heterocycles. The van der Waals surface area contributed by atoms with E-state index in [-0.39, 0.29) is 11.9 Å². The monoisotopic (exact) mass is 359 g/mol. The third-order valence-electron chi connectivity index (χ3n) is 4.77. The molecule has 1 amide bonds. The zero-order valence-electron chi connectivity index (χ0n) is 15.0. The summed E-state index contributed by atoms with van der Waals surface area (Å²) in [5.41, 5.74) is 3.91. The van der Waals surface area contributed by atoms with Gasteiger partial charge in [0.1, 0.15) is 0 Å². The Morgan fingerprint density at radius 1 is 1.11 bits per heavy atom. The predicted octanol–water partition coefficient (Wildman–Crippen LogP) is 3.06. The Hall–Kier alpha value is -3.15. The molecule has 1 aliphatic rings. The van der Waals surface area contributed by atoms with Gasteiger partial charge in [-0.15, -0.1) is 0 Å². The highest BCUT2D eigenvalue weighted by Crippen LogP contribution is 2.29. The van der Waals surface area contributed by atoms with Crippen LogP contribution in [0.2, 0.25) is 0 Å². The minimum absolute atomic E-state index is 0.0191. The van der Waals surface area contributed by atoms with Crippen LogP contribution in [-0.2, 0) is 17.6 Å². The maximum atomic E-state index is 12.4. The molecule has 0 saturated carbocycles. The van der Waals surface area contributed by atoms with Gasteiger partial charge in [0.05, 0.1) is 11.7 Å². The Labute approximate surface area is 158 Å². The second kappa shape index (κ2) is 8.03. The van der Waals surface area contributed by atoms with Crippen molar-refractivity contribution in [2.45, 2.75) is 38.1 Å². The number of carbonyl (C=O) groups excluding carboxylic acids is 1. The highest BCUT2D eigenvalue weighted by molar-refractivity contribution is 5.76. The summed E-state index contributed by atoms with van der Waals surface area (Å²) >= 11 is 0. The fraction of sp³-hybridized carbons (Fsp3) is 0.286. The number of benzene rings is 1. The van der Waals surface area contributed by atoms with Gasteiger partial charge >= 0.3 is 0 Å². The molecular formula is C21H21N5O. The maximum absolute atomic E-state index is 12.4. The van der Waals surface area contributed by atoms with Crippen LogP contribution in [0.15, 0.2) is 55.1 Å². The number of aromatic nitrogens is 4. The van der Waals surface area contributed by atoms with Crippen LogP contribution >= 0.6 is 0 Å². The SMILES string of the molecule is O=C(CCc1cnccn1)N[C@@H]1CCCc2nc(-c3ccccc3)ncc21. The van der Waals surface area contributed by atoms with Gasteiger partial charge in [-0.1, -0.05) is 30.3 Å². The highest BCUT2D eigenvalue weighted by atomic mass is 16.1. The Morgan fingerprint density at radius 2 is 2.00 bits per heavy atom.